The van der Waals surface area contributed by atoms with Crippen molar-refractivity contribution in [3.63, 3.8) is 0 Å². The molecule has 5 heteroatoms. The zero-order valence-electron chi connectivity index (χ0n) is 9.40. The van der Waals surface area contributed by atoms with E-state index < -0.39 is 5.82 Å². The SMILES string of the molecule is CC1C(=O)NCCN1c1ccc(C#N)c(F)c1. The van der Waals surface area contributed by atoms with E-state index in [0.29, 0.717) is 18.8 Å². The summed E-state index contributed by atoms with van der Waals surface area (Å²) in [6.07, 6.45) is 0. The highest BCUT2D eigenvalue weighted by Crippen LogP contribution is 2.21. The molecule has 1 N–H and O–H groups in total. The van der Waals surface area contributed by atoms with Crippen LogP contribution in [0.4, 0.5) is 10.1 Å². The summed E-state index contributed by atoms with van der Waals surface area (Å²) in [6.45, 7) is 2.95. The van der Waals surface area contributed by atoms with Gasteiger partial charge in [-0.05, 0) is 25.1 Å². The summed E-state index contributed by atoms with van der Waals surface area (Å²) < 4.78 is 13.5. The highest BCUT2D eigenvalue weighted by Gasteiger charge is 2.25. The van der Waals surface area contributed by atoms with Crippen LogP contribution in [0.15, 0.2) is 18.2 Å². The van der Waals surface area contributed by atoms with Gasteiger partial charge in [0.2, 0.25) is 5.91 Å². The van der Waals surface area contributed by atoms with E-state index in [2.05, 4.69) is 5.32 Å². The van der Waals surface area contributed by atoms with Crippen molar-refractivity contribution < 1.29 is 9.18 Å². The van der Waals surface area contributed by atoms with Crippen molar-refractivity contribution in [1.82, 2.24) is 5.32 Å². The standard InChI is InChI=1S/C12H12FN3O/c1-8-12(17)15-4-5-16(8)10-3-2-9(7-14)11(13)6-10/h2-3,6,8H,4-5H2,1H3,(H,15,17). The molecule has 0 spiro atoms. The number of amides is 1. The number of hydrogen-bond acceptors (Lipinski definition) is 3. The molecule has 1 aromatic carbocycles. The van der Waals surface area contributed by atoms with E-state index in [9.17, 15) is 9.18 Å². The summed E-state index contributed by atoms with van der Waals surface area (Å²) in [7, 11) is 0. The van der Waals surface area contributed by atoms with E-state index in [-0.39, 0.29) is 17.5 Å². The second-order valence-electron chi connectivity index (χ2n) is 3.94. The van der Waals surface area contributed by atoms with Gasteiger partial charge in [0, 0.05) is 18.8 Å². The Morgan fingerprint density at radius 1 is 1.59 bits per heavy atom. The van der Waals surface area contributed by atoms with Crippen molar-refractivity contribution in [2.24, 2.45) is 0 Å². The molecule has 0 aliphatic carbocycles. The minimum Gasteiger partial charge on any atom is -0.358 e. The summed E-state index contributed by atoms with van der Waals surface area (Å²) in [4.78, 5) is 13.3. The number of nitriles is 1. The smallest absolute Gasteiger partial charge is 0.242 e. The van der Waals surface area contributed by atoms with E-state index >= 15 is 0 Å². The van der Waals surface area contributed by atoms with Crippen LogP contribution < -0.4 is 10.2 Å². The van der Waals surface area contributed by atoms with Crippen molar-refractivity contribution >= 4 is 11.6 Å². The Bertz CT molecular complexity index is 495. The second-order valence-corrected chi connectivity index (χ2v) is 3.94. The van der Waals surface area contributed by atoms with Gasteiger partial charge >= 0.3 is 0 Å². The molecular weight excluding hydrogens is 221 g/mol. The number of hydrogen-bond donors (Lipinski definition) is 1. The molecule has 2 rings (SSSR count). The lowest BCUT2D eigenvalue weighted by atomic mass is 10.1. The zero-order chi connectivity index (χ0) is 12.4. The van der Waals surface area contributed by atoms with Crippen LogP contribution in [0.25, 0.3) is 0 Å². The monoisotopic (exact) mass is 233 g/mol. The van der Waals surface area contributed by atoms with Gasteiger partial charge in [0.05, 0.1) is 5.56 Å². The first-order valence-corrected chi connectivity index (χ1v) is 5.37. The molecule has 0 saturated carbocycles. The highest BCUT2D eigenvalue weighted by molar-refractivity contribution is 5.86. The molecule has 0 bridgehead atoms. The Balaban J connectivity index is 2.31. The molecule has 0 radical (unpaired) electrons. The molecule has 88 valence electrons. The highest BCUT2D eigenvalue weighted by atomic mass is 19.1. The molecule has 1 unspecified atom stereocenters. The first-order chi connectivity index (χ1) is 8.13. The summed E-state index contributed by atoms with van der Waals surface area (Å²) in [5, 5.41) is 11.4. The Hall–Kier alpha value is -2.09. The van der Waals surface area contributed by atoms with Crippen LogP contribution in [0.2, 0.25) is 0 Å². The largest absolute Gasteiger partial charge is 0.358 e. The van der Waals surface area contributed by atoms with Gasteiger partial charge in [0.15, 0.2) is 0 Å². The van der Waals surface area contributed by atoms with Gasteiger partial charge in [-0.1, -0.05) is 0 Å². The molecule has 1 saturated heterocycles. The molecule has 4 nitrogen and oxygen atoms in total. The van der Waals surface area contributed by atoms with Crippen molar-refractivity contribution in [2.75, 3.05) is 18.0 Å². The Morgan fingerprint density at radius 2 is 2.35 bits per heavy atom. The second kappa shape index (κ2) is 4.42. The van der Waals surface area contributed by atoms with E-state index in [1.807, 2.05) is 4.90 Å². The van der Waals surface area contributed by atoms with Gasteiger partial charge in [-0.25, -0.2) is 4.39 Å². The zero-order valence-corrected chi connectivity index (χ0v) is 9.40. The number of piperazine rings is 1. The molecule has 1 aliphatic heterocycles. The summed E-state index contributed by atoms with van der Waals surface area (Å²) in [6, 6.07) is 5.85. The lowest BCUT2D eigenvalue weighted by molar-refractivity contribution is -0.122. The number of anilines is 1. The van der Waals surface area contributed by atoms with Crippen LogP contribution in [-0.4, -0.2) is 25.0 Å². The number of carbonyl (C=O) groups is 1. The third kappa shape index (κ3) is 2.07. The van der Waals surface area contributed by atoms with Gasteiger partial charge in [0.1, 0.15) is 17.9 Å². The summed E-state index contributed by atoms with van der Waals surface area (Å²) in [5.74, 6) is -0.621. The normalized spacial score (nSPS) is 19.7. The molecule has 0 aromatic heterocycles. The van der Waals surface area contributed by atoms with Crippen LogP contribution in [0.1, 0.15) is 12.5 Å². The summed E-state index contributed by atoms with van der Waals surface area (Å²) in [5.41, 5.74) is 0.645. The van der Waals surface area contributed by atoms with Crippen molar-refractivity contribution in [3.05, 3.63) is 29.6 Å². The van der Waals surface area contributed by atoms with E-state index in [1.54, 1.807) is 19.1 Å². The molecule has 1 aromatic rings. The van der Waals surface area contributed by atoms with E-state index in [1.165, 1.54) is 12.1 Å². The first-order valence-electron chi connectivity index (χ1n) is 5.37. The van der Waals surface area contributed by atoms with Gasteiger partial charge in [0.25, 0.3) is 0 Å². The number of carbonyl (C=O) groups excluding carboxylic acids is 1. The molecule has 1 atom stereocenters. The average Bonchev–Trinajstić information content (AvgIpc) is 2.32. The fourth-order valence-electron chi connectivity index (χ4n) is 1.91. The lowest BCUT2D eigenvalue weighted by Crippen LogP contribution is -2.54. The third-order valence-electron chi connectivity index (χ3n) is 2.90. The van der Waals surface area contributed by atoms with Crippen molar-refractivity contribution in [2.45, 2.75) is 13.0 Å². The lowest BCUT2D eigenvalue weighted by Gasteiger charge is -2.34. The quantitative estimate of drug-likeness (QED) is 0.788. The third-order valence-corrected chi connectivity index (χ3v) is 2.90. The fourth-order valence-corrected chi connectivity index (χ4v) is 1.91. The molecule has 1 fully saturated rings. The number of halogens is 1. The Labute approximate surface area is 98.6 Å². The topological polar surface area (TPSA) is 56.1 Å². The fraction of sp³-hybridized carbons (Fsp3) is 0.333. The maximum absolute atomic E-state index is 13.5. The number of rotatable bonds is 1. The van der Waals surface area contributed by atoms with E-state index in [0.717, 1.165) is 0 Å². The number of nitrogens with one attached hydrogen (secondary N) is 1. The molecular formula is C12H12FN3O. The molecule has 1 heterocycles. The molecule has 17 heavy (non-hydrogen) atoms. The predicted octanol–water partition coefficient (Wildman–Crippen LogP) is 1.02. The van der Waals surface area contributed by atoms with Gasteiger partial charge in [-0.3, -0.25) is 4.79 Å². The maximum Gasteiger partial charge on any atom is 0.242 e. The molecule has 1 aliphatic rings. The minimum absolute atomic E-state index is 0.0165. The average molecular weight is 233 g/mol. The van der Waals surface area contributed by atoms with Crippen LogP contribution >= 0.6 is 0 Å². The molecule has 1 amide bonds. The van der Waals surface area contributed by atoms with Crippen LogP contribution in [0, 0.1) is 17.1 Å². The van der Waals surface area contributed by atoms with Crippen molar-refractivity contribution in [1.29, 1.82) is 5.26 Å². The Morgan fingerprint density at radius 3 is 3.00 bits per heavy atom. The van der Waals surface area contributed by atoms with Gasteiger partial charge < -0.3 is 10.2 Å². The van der Waals surface area contributed by atoms with Crippen molar-refractivity contribution in [3.8, 4) is 6.07 Å². The minimum atomic E-state index is -0.553. The van der Waals surface area contributed by atoms with Crippen LogP contribution in [0.3, 0.4) is 0 Å². The van der Waals surface area contributed by atoms with Gasteiger partial charge in [-0.2, -0.15) is 5.26 Å². The summed E-state index contributed by atoms with van der Waals surface area (Å²) >= 11 is 0. The van der Waals surface area contributed by atoms with Gasteiger partial charge in [-0.15, -0.1) is 0 Å². The number of benzene rings is 1. The van der Waals surface area contributed by atoms with E-state index in [4.69, 9.17) is 5.26 Å². The van der Waals surface area contributed by atoms with Crippen LogP contribution in [0.5, 0.6) is 0 Å². The number of nitrogens with zero attached hydrogens (tertiary/aromatic N) is 2. The maximum atomic E-state index is 13.5. The predicted molar refractivity (Wildman–Crippen MR) is 60.9 cm³/mol. The Kier molecular flexibility index (Phi) is 2.96. The van der Waals surface area contributed by atoms with Crippen LogP contribution in [-0.2, 0) is 4.79 Å². The first kappa shape index (κ1) is 11.4.